The number of alkyl carbamates (subject to hydrolysis) is 2. The number of rotatable bonds is 27. The molecule has 25 nitrogen and oxygen atoms in total. The van der Waals surface area contributed by atoms with Gasteiger partial charge in [0.05, 0.1) is 37.0 Å². The molecule has 7 N–H and O–H groups in total. The van der Waals surface area contributed by atoms with Gasteiger partial charge in [0.1, 0.15) is 0 Å². The summed E-state index contributed by atoms with van der Waals surface area (Å²) < 4.78 is 30.6. The Morgan fingerprint density at radius 3 is 0.978 bits per heavy atom. The monoisotopic (exact) mass is 1310 g/mol. The van der Waals surface area contributed by atoms with Crippen LogP contribution < -0.4 is 16.4 Å². The highest BCUT2D eigenvalue weighted by atomic mass is 35.5. The minimum Gasteiger partial charge on any atom is -0.481 e. The molecule has 1 aliphatic heterocycles. The van der Waals surface area contributed by atoms with Crippen molar-refractivity contribution < 1.29 is 101 Å². The maximum Gasteiger partial charge on any atom is 0.537 e. The van der Waals surface area contributed by atoms with Crippen molar-refractivity contribution in [3.05, 3.63) is 105 Å². The Kier molecular flexibility index (Phi) is 36.3. The lowest BCUT2D eigenvalue weighted by Crippen LogP contribution is -2.37. The Hall–Kier alpha value is -7.74. The molecule has 1 saturated heterocycles. The number of nitrogens with one attached hydrogen (secondary N) is 2. The van der Waals surface area contributed by atoms with Gasteiger partial charge in [-0.1, -0.05) is 159 Å². The zero-order valence-corrected chi connectivity index (χ0v) is 54.1. The molecule has 4 amide bonds. The van der Waals surface area contributed by atoms with Crippen LogP contribution in [0.5, 0.6) is 0 Å². The molecule has 1 fully saturated rings. The summed E-state index contributed by atoms with van der Waals surface area (Å²) in [5.74, 6) is -8.40. The van der Waals surface area contributed by atoms with Gasteiger partial charge in [-0.25, -0.2) is 14.4 Å². The second kappa shape index (κ2) is 40.7. The van der Waals surface area contributed by atoms with E-state index in [0.717, 1.165) is 16.7 Å². The summed E-state index contributed by atoms with van der Waals surface area (Å²) in [6.45, 7) is 20.8. The molecular weight excluding hydrogens is 1230 g/mol. The Balaban J connectivity index is 0.000000608. The first-order valence-corrected chi connectivity index (χ1v) is 29.5. The Bertz CT molecular complexity index is 2650. The van der Waals surface area contributed by atoms with Gasteiger partial charge in [-0.2, -0.15) is 0 Å². The number of hydroxylamine groups is 2. The maximum absolute atomic E-state index is 12.1. The van der Waals surface area contributed by atoms with Crippen LogP contribution in [-0.4, -0.2) is 125 Å². The molecule has 0 bridgehead atoms. The quantitative estimate of drug-likeness (QED) is 0.0179. The maximum atomic E-state index is 12.1. The highest BCUT2D eigenvalue weighted by Gasteiger charge is 2.35. The highest BCUT2D eigenvalue weighted by molar-refractivity contribution is 6.31. The van der Waals surface area contributed by atoms with Crippen molar-refractivity contribution in [3.8, 4) is 0 Å². The van der Waals surface area contributed by atoms with E-state index in [2.05, 4.69) is 15.5 Å². The van der Waals surface area contributed by atoms with E-state index in [1.807, 2.05) is 12.1 Å². The third-order valence-corrected chi connectivity index (χ3v) is 12.9. The fourth-order valence-electron chi connectivity index (χ4n) is 6.99. The van der Waals surface area contributed by atoms with Crippen LogP contribution >= 0.6 is 34.8 Å². The van der Waals surface area contributed by atoms with Crippen molar-refractivity contribution >= 4 is 101 Å². The summed E-state index contributed by atoms with van der Waals surface area (Å²) in [6.07, 6.45) is -6.34. The van der Waals surface area contributed by atoms with Crippen LogP contribution in [0, 0.1) is 35.5 Å². The number of ether oxygens (including phenoxy) is 6. The van der Waals surface area contributed by atoms with E-state index in [9.17, 15) is 52.7 Å². The minimum atomic E-state index is -1.27. The van der Waals surface area contributed by atoms with Crippen LogP contribution in [0.2, 0.25) is 15.1 Å². The lowest BCUT2D eigenvalue weighted by Gasteiger charge is -2.23. The number of nitrogens with zero attached hydrogens (tertiary/aromatic N) is 1. The number of carbonyl (C=O) groups is 11. The zero-order chi connectivity index (χ0) is 67.8. The number of halogens is 3. The molecular formula is C61H83Cl3N4O21. The molecule has 0 aromatic heterocycles. The molecule has 3 aromatic rings. The Labute approximate surface area is 532 Å². The van der Waals surface area contributed by atoms with Gasteiger partial charge in [-0.3, -0.25) is 43.2 Å². The van der Waals surface area contributed by atoms with Gasteiger partial charge in [0.2, 0.25) is 0 Å². The topological polar surface area (TPSA) is 366 Å². The first-order valence-electron chi connectivity index (χ1n) is 28.4. The van der Waals surface area contributed by atoms with E-state index < -0.39 is 96.7 Å². The fourth-order valence-corrected chi connectivity index (χ4v) is 7.36. The van der Waals surface area contributed by atoms with Crippen molar-refractivity contribution in [3.63, 3.8) is 0 Å². The molecule has 1 heterocycles. The molecule has 1 unspecified atom stereocenters. The third kappa shape index (κ3) is 32.4. The molecule has 4 rings (SSSR count). The van der Waals surface area contributed by atoms with E-state index in [-0.39, 0.29) is 86.6 Å². The van der Waals surface area contributed by atoms with Gasteiger partial charge < -0.3 is 60.1 Å². The predicted octanol–water partition coefficient (Wildman–Crippen LogP) is 10.9. The van der Waals surface area contributed by atoms with Gasteiger partial charge in [-0.05, 0) is 59.6 Å². The average Bonchev–Trinajstić information content (AvgIpc) is 3.02. The summed E-state index contributed by atoms with van der Waals surface area (Å²) >= 11 is 17.4. The summed E-state index contributed by atoms with van der Waals surface area (Å²) in [4.78, 5) is 131. The van der Waals surface area contributed by atoms with Crippen LogP contribution in [0.25, 0.3) is 0 Å². The highest BCUT2D eigenvalue weighted by Crippen LogP contribution is 2.25. The molecule has 0 radical (unpaired) electrons. The third-order valence-electron chi connectivity index (χ3n) is 12.1. The molecule has 28 heteroatoms. The summed E-state index contributed by atoms with van der Waals surface area (Å²) in [5, 5.41) is 34.0. The second-order valence-electron chi connectivity index (χ2n) is 22.0. The number of hydrogen-bond donors (Lipinski definition) is 6. The SMILES string of the molecule is CC(C)C(=O)OC(OC(=O)ON1C(=O)CCC1=O)C(C)C.CC(C)C(=O)O[C@@H](OC(=O)NC[C@H](CC(=O)O)c1ccc(Cl)cc1)C(C)C.CC(C)C(=O)O[C@H](OC(=O)NC[C@H](CC(=O)O)c1ccc(Cl)cc1)C(C)C.NC[C@H](CC(=O)O)c1ccc(Cl)cc1. The van der Waals surface area contributed by atoms with Gasteiger partial charge in [0, 0.05) is 76.5 Å². The number of amides is 4. The molecule has 6 atom stereocenters. The van der Waals surface area contributed by atoms with E-state index in [0.29, 0.717) is 26.7 Å². The number of benzene rings is 3. The van der Waals surface area contributed by atoms with Gasteiger partial charge >= 0.3 is 54.2 Å². The largest absolute Gasteiger partial charge is 0.537 e. The molecule has 494 valence electrons. The van der Waals surface area contributed by atoms with Gasteiger partial charge in [0.15, 0.2) is 0 Å². The minimum absolute atomic E-state index is 0.0118. The molecule has 0 spiro atoms. The van der Waals surface area contributed by atoms with Crippen molar-refractivity contribution in [2.45, 2.75) is 152 Å². The van der Waals surface area contributed by atoms with Crippen LogP contribution in [0.3, 0.4) is 0 Å². The number of esters is 3. The molecule has 0 aliphatic carbocycles. The van der Waals surface area contributed by atoms with Crippen LogP contribution in [-0.2, 0) is 71.6 Å². The standard InChI is InChI=1S/2C19H26ClNO6.C13H19NO7.C10H12ClNO2/c2*1-11(2)17(24)26-18(12(3)4)27-19(25)21-10-14(9-16(22)23)13-5-7-15(20)8-6-13;1-7(2)11(17)19-12(8(3)4)20-13(18)21-14-9(15)5-6-10(14)16;11-9-3-1-7(2-4-9)8(6-12)5-10(13)14/h2*5-8,11-12,14,18H,9-10H2,1-4H3,(H,21,25)(H,22,23);7-8,12H,5-6H2,1-4H3;1-4,8H,5-6,12H2,(H,13,14)/t14-,18+;14-,18-;;8-/m00.0/s1. The van der Waals surface area contributed by atoms with E-state index >= 15 is 0 Å². The summed E-state index contributed by atoms with van der Waals surface area (Å²) in [5.41, 5.74) is 7.87. The number of hydrogen-bond acceptors (Lipinski definition) is 19. The van der Waals surface area contributed by atoms with Crippen molar-refractivity contribution in [2.75, 3.05) is 19.6 Å². The Morgan fingerprint density at radius 1 is 0.449 bits per heavy atom. The number of carbonyl (C=O) groups excluding carboxylic acids is 8. The number of carboxylic acid groups (broad SMARTS) is 3. The van der Waals surface area contributed by atoms with Crippen LogP contribution in [0.1, 0.15) is 150 Å². The Morgan fingerprint density at radius 2 is 0.719 bits per heavy atom. The normalized spacial score (nSPS) is 13.8. The van der Waals surface area contributed by atoms with E-state index in [1.54, 1.807) is 144 Å². The lowest BCUT2D eigenvalue weighted by molar-refractivity contribution is -0.200. The van der Waals surface area contributed by atoms with Gasteiger partial charge in [0.25, 0.3) is 30.7 Å². The van der Waals surface area contributed by atoms with Crippen LogP contribution in [0.4, 0.5) is 14.4 Å². The number of imide groups is 1. The fraction of sp³-hybridized carbons (Fsp3) is 0.525. The molecule has 0 saturated carbocycles. The van der Waals surface area contributed by atoms with E-state index in [4.69, 9.17) is 84.3 Å². The second-order valence-corrected chi connectivity index (χ2v) is 23.3. The number of carboxylic acids is 3. The number of nitrogens with two attached hydrogens (primary N) is 1. The zero-order valence-electron chi connectivity index (χ0n) is 51.9. The van der Waals surface area contributed by atoms with Crippen molar-refractivity contribution in [1.82, 2.24) is 15.7 Å². The van der Waals surface area contributed by atoms with Crippen molar-refractivity contribution in [1.29, 1.82) is 0 Å². The lowest BCUT2D eigenvalue weighted by atomic mass is 9.96. The molecule has 3 aromatic carbocycles. The van der Waals surface area contributed by atoms with E-state index in [1.165, 1.54) is 0 Å². The summed E-state index contributed by atoms with van der Waals surface area (Å²) in [7, 11) is 0. The average molecular weight is 1310 g/mol. The smallest absolute Gasteiger partial charge is 0.481 e. The van der Waals surface area contributed by atoms with Crippen LogP contribution in [0.15, 0.2) is 72.8 Å². The number of aliphatic carboxylic acids is 3. The molecule has 89 heavy (non-hydrogen) atoms. The predicted molar refractivity (Wildman–Crippen MR) is 325 cm³/mol. The van der Waals surface area contributed by atoms with Crippen molar-refractivity contribution in [2.24, 2.45) is 41.2 Å². The van der Waals surface area contributed by atoms with Gasteiger partial charge in [-0.15, -0.1) is 0 Å². The molecule has 1 aliphatic rings. The summed E-state index contributed by atoms with van der Waals surface area (Å²) in [6, 6.07) is 20.6. The first-order chi connectivity index (χ1) is 41.5. The first kappa shape index (κ1) is 79.3.